The molecule has 0 unspecified atom stereocenters. The summed E-state index contributed by atoms with van der Waals surface area (Å²) in [6, 6.07) is 4.66. The zero-order valence-electron chi connectivity index (χ0n) is 11.1. The molecule has 1 saturated carbocycles. The van der Waals surface area contributed by atoms with Gasteiger partial charge in [-0.2, -0.15) is 0 Å². The number of nitrogens with one attached hydrogen (secondary N) is 1. The molecule has 2 nitrogen and oxygen atoms in total. The van der Waals surface area contributed by atoms with Crippen LogP contribution in [0.5, 0.6) is 0 Å². The van der Waals surface area contributed by atoms with E-state index in [1.807, 2.05) is 12.3 Å². The maximum absolute atomic E-state index is 4.56. The molecule has 0 atom stereocenters. The first-order valence-electron chi connectivity index (χ1n) is 6.96. The highest BCUT2D eigenvalue weighted by Gasteiger charge is 2.16. The second-order valence-corrected chi connectivity index (χ2v) is 5.50. The number of aromatic nitrogens is 1. The third-order valence-corrected chi connectivity index (χ3v) is 3.54. The van der Waals surface area contributed by atoms with Gasteiger partial charge in [0.05, 0.1) is 11.4 Å². The molecule has 1 aromatic heterocycles. The molecule has 1 aliphatic rings. The number of nitrogens with zero attached hydrogens (tertiary/aromatic N) is 1. The molecule has 0 aromatic carbocycles. The first-order chi connectivity index (χ1) is 8.25. The summed E-state index contributed by atoms with van der Waals surface area (Å²) >= 11 is 0. The van der Waals surface area contributed by atoms with Crippen LogP contribution in [-0.4, -0.2) is 11.0 Å². The van der Waals surface area contributed by atoms with Crippen molar-refractivity contribution in [2.75, 3.05) is 5.32 Å². The topological polar surface area (TPSA) is 24.9 Å². The zero-order valence-corrected chi connectivity index (χ0v) is 11.1. The lowest BCUT2D eigenvalue weighted by Gasteiger charge is -2.22. The highest BCUT2D eigenvalue weighted by molar-refractivity contribution is 5.48. The van der Waals surface area contributed by atoms with Gasteiger partial charge in [0, 0.05) is 12.2 Å². The van der Waals surface area contributed by atoms with Crippen molar-refractivity contribution in [1.82, 2.24) is 4.98 Å². The van der Waals surface area contributed by atoms with Crippen molar-refractivity contribution in [2.45, 2.75) is 58.4 Å². The fourth-order valence-electron chi connectivity index (χ4n) is 2.71. The number of hydrogen-bond donors (Lipinski definition) is 1. The van der Waals surface area contributed by atoms with Crippen molar-refractivity contribution in [3.8, 4) is 0 Å². The summed E-state index contributed by atoms with van der Waals surface area (Å²) in [5.74, 6) is 0.853. The fourth-order valence-corrected chi connectivity index (χ4v) is 2.71. The Labute approximate surface area is 105 Å². The van der Waals surface area contributed by atoms with Crippen LogP contribution in [-0.2, 0) is 6.42 Å². The van der Waals surface area contributed by atoms with Gasteiger partial charge in [-0.1, -0.05) is 32.1 Å². The van der Waals surface area contributed by atoms with Crippen molar-refractivity contribution >= 4 is 5.69 Å². The van der Waals surface area contributed by atoms with E-state index in [0.29, 0.717) is 6.04 Å². The van der Waals surface area contributed by atoms with Crippen LogP contribution in [0.3, 0.4) is 0 Å². The van der Waals surface area contributed by atoms with Crippen molar-refractivity contribution < 1.29 is 0 Å². The third kappa shape index (κ3) is 3.72. The third-order valence-electron chi connectivity index (χ3n) is 3.54. The summed E-state index contributed by atoms with van der Waals surface area (Å²) in [5, 5.41) is 3.50. The van der Waals surface area contributed by atoms with Gasteiger partial charge < -0.3 is 5.32 Å². The lowest BCUT2D eigenvalue weighted by molar-refractivity contribution is 0.354. The van der Waals surface area contributed by atoms with Crippen molar-refractivity contribution in [3.05, 3.63) is 24.0 Å². The fraction of sp³-hybridized carbons (Fsp3) is 0.667. The minimum Gasteiger partial charge on any atom is -0.381 e. The smallest absolute Gasteiger partial charge is 0.0637 e. The molecular formula is C15H24N2. The van der Waals surface area contributed by atoms with E-state index in [1.54, 1.807) is 0 Å². The Bertz CT molecular complexity index is 341. The normalized spacial score (nSPS) is 17.4. The number of rotatable bonds is 4. The summed E-state index contributed by atoms with van der Waals surface area (Å²) in [7, 11) is 0. The lowest BCUT2D eigenvalue weighted by Crippen LogP contribution is -2.15. The number of anilines is 1. The van der Waals surface area contributed by atoms with E-state index in [2.05, 4.69) is 30.2 Å². The first kappa shape index (κ1) is 12.4. The zero-order chi connectivity index (χ0) is 12.1. The van der Waals surface area contributed by atoms with Crippen molar-refractivity contribution in [2.24, 2.45) is 5.92 Å². The van der Waals surface area contributed by atoms with Gasteiger partial charge in [-0.15, -0.1) is 0 Å². The van der Waals surface area contributed by atoms with Gasteiger partial charge in [0.2, 0.25) is 0 Å². The van der Waals surface area contributed by atoms with Crippen LogP contribution < -0.4 is 5.32 Å². The van der Waals surface area contributed by atoms with Crippen LogP contribution in [0.1, 0.15) is 51.6 Å². The standard InChI is InChI=1S/C15H24N2/c1-12(2)17-14-9-6-10-16-15(14)11-13-7-4-3-5-8-13/h6,9-10,12-13,17H,3-5,7-8,11H2,1-2H3. The minimum absolute atomic E-state index is 0.476. The van der Waals surface area contributed by atoms with Gasteiger partial charge in [-0.25, -0.2) is 0 Å². The summed E-state index contributed by atoms with van der Waals surface area (Å²) in [6.45, 7) is 4.36. The molecule has 0 spiro atoms. The molecule has 1 N–H and O–H groups in total. The van der Waals surface area contributed by atoms with E-state index in [-0.39, 0.29) is 0 Å². The molecular weight excluding hydrogens is 208 g/mol. The van der Waals surface area contributed by atoms with E-state index in [0.717, 1.165) is 12.3 Å². The van der Waals surface area contributed by atoms with E-state index in [9.17, 15) is 0 Å². The largest absolute Gasteiger partial charge is 0.381 e. The highest BCUT2D eigenvalue weighted by Crippen LogP contribution is 2.28. The Kier molecular flexibility index (Phi) is 4.41. The predicted molar refractivity (Wildman–Crippen MR) is 73.3 cm³/mol. The quantitative estimate of drug-likeness (QED) is 0.848. The Morgan fingerprint density at radius 2 is 2.06 bits per heavy atom. The van der Waals surface area contributed by atoms with E-state index < -0.39 is 0 Å². The summed E-state index contributed by atoms with van der Waals surface area (Å²) in [6.07, 6.45) is 10.1. The van der Waals surface area contributed by atoms with E-state index in [4.69, 9.17) is 0 Å². The SMILES string of the molecule is CC(C)Nc1cccnc1CC1CCCCC1. The van der Waals surface area contributed by atoms with Crippen LogP contribution >= 0.6 is 0 Å². The molecule has 1 heterocycles. The molecule has 0 saturated heterocycles. The maximum atomic E-state index is 4.56. The van der Waals surface area contributed by atoms with Crippen LogP contribution in [0.4, 0.5) is 5.69 Å². The molecule has 2 rings (SSSR count). The highest BCUT2D eigenvalue weighted by atomic mass is 14.9. The summed E-state index contributed by atoms with van der Waals surface area (Å²) in [4.78, 5) is 4.56. The van der Waals surface area contributed by atoms with Crippen LogP contribution in [0.15, 0.2) is 18.3 Å². The average Bonchev–Trinajstić information content (AvgIpc) is 2.32. The molecule has 0 radical (unpaired) electrons. The Morgan fingerprint density at radius 1 is 1.29 bits per heavy atom. The summed E-state index contributed by atoms with van der Waals surface area (Å²) < 4.78 is 0. The van der Waals surface area contributed by atoms with E-state index in [1.165, 1.54) is 43.5 Å². The maximum Gasteiger partial charge on any atom is 0.0637 e. The Balaban J connectivity index is 2.03. The van der Waals surface area contributed by atoms with Gasteiger partial charge in [-0.3, -0.25) is 4.98 Å². The lowest BCUT2D eigenvalue weighted by atomic mass is 9.86. The molecule has 17 heavy (non-hydrogen) atoms. The molecule has 1 aromatic rings. The molecule has 0 bridgehead atoms. The molecule has 0 amide bonds. The van der Waals surface area contributed by atoms with E-state index >= 15 is 0 Å². The average molecular weight is 232 g/mol. The molecule has 0 aliphatic heterocycles. The second kappa shape index (κ2) is 6.04. The first-order valence-corrected chi connectivity index (χ1v) is 6.96. The molecule has 1 aliphatic carbocycles. The van der Waals surface area contributed by atoms with Gasteiger partial charge in [-0.05, 0) is 38.3 Å². The van der Waals surface area contributed by atoms with Crippen molar-refractivity contribution in [3.63, 3.8) is 0 Å². The predicted octanol–water partition coefficient (Wildman–Crippen LogP) is 4.02. The van der Waals surface area contributed by atoms with Crippen LogP contribution in [0, 0.1) is 5.92 Å². The molecule has 94 valence electrons. The molecule has 1 fully saturated rings. The number of hydrogen-bond acceptors (Lipinski definition) is 2. The Morgan fingerprint density at radius 3 is 2.76 bits per heavy atom. The summed E-state index contributed by atoms with van der Waals surface area (Å²) in [5.41, 5.74) is 2.49. The van der Waals surface area contributed by atoms with Crippen molar-refractivity contribution in [1.29, 1.82) is 0 Å². The van der Waals surface area contributed by atoms with Gasteiger partial charge in [0.15, 0.2) is 0 Å². The van der Waals surface area contributed by atoms with Crippen LogP contribution in [0.25, 0.3) is 0 Å². The minimum atomic E-state index is 0.476. The Hall–Kier alpha value is -1.05. The molecule has 2 heteroatoms. The second-order valence-electron chi connectivity index (χ2n) is 5.50. The van der Waals surface area contributed by atoms with Gasteiger partial charge >= 0.3 is 0 Å². The van der Waals surface area contributed by atoms with Gasteiger partial charge in [0.25, 0.3) is 0 Å². The van der Waals surface area contributed by atoms with Crippen LogP contribution in [0.2, 0.25) is 0 Å². The number of pyridine rings is 1. The monoisotopic (exact) mass is 232 g/mol. The van der Waals surface area contributed by atoms with Gasteiger partial charge in [0.1, 0.15) is 0 Å².